The van der Waals surface area contributed by atoms with Crippen LogP contribution in [-0.4, -0.2) is 20.0 Å². The Labute approximate surface area is 132 Å². The molecule has 2 aromatic carbocycles. The van der Waals surface area contributed by atoms with E-state index in [1.807, 2.05) is 6.92 Å². The Morgan fingerprint density at radius 3 is 2.04 bits per heavy atom. The average Bonchev–Trinajstić information content (AvgIpc) is 2.46. The average molecular weight is 345 g/mol. The second-order valence-electron chi connectivity index (χ2n) is 4.54. The highest BCUT2D eigenvalue weighted by atomic mass is 32.2. The van der Waals surface area contributed by atoms with E-state index in [1.165, 1.54) is 31.3 Å². The number of hydrogen-bond acceptors (Lipinski definition) is 3. The van der Waals surface area contributed by atoms with E-state index in [-0.39, 0.29) is 4.90 Å². The molecule has 8 heteroatoms. The molecule has 0 aliphatic rings. The Balaban J connectivity index is 0.000000231. The lowest BCUT2D eigenvalue weighted by Gasteiger charge is -2.15. The minimum atomic E-state index is -4.28. The maximum atomic E-state index is 12.1. The Kier molecular flexibility index (Phi) is 6.17. The van der Waals surface area contributed by atoms with E-state index in [2.05, 4.69) is 5.32 Å². The zero-order valence-electron chi connectivity index (χ0n) is 12.3. The van der Waals surface area contributed by atoms with Crippen LogP contribution < -0.4 is 0 Å². The van der Waals surface area contributed by atoms with Crippen molar-refractivity contribution in [2.45, 2.75) is 18.0 Å². The largest absolute Gasteiger partial charge is 0.744 e. The van der Waals surface area contributed by atoms with Crippen LogP contribution in [0.2, 0.25) is 0 Å². The highest BCUT2D eigenvalue weighted by Gasteiger charge is 2.29. The van der Waals surface area contributed by atoms with Gasteiger partial charge in [0.15, 0.2) is 0 Å². The number of hydrogen-bond donors (Lipinski definition) is 0. The van der Waals surface area contributed by atoms with E-state index in [0.717, 1.165) is 17.7 Å². The van der Waals surface area contributed by atoms with Crippen LogP contribution in [0.4, 0.5) is 18.9 Å². The molecule has 126 valence electrons. The summed E-state index contributed by atoms with van der Waals surface area (Å²) in [6, 6.07) is 10.7. The van der Waals surface area contributed by atoms with Gasteiger partial charge in [0.25, 0.3) is 0 Å². The zero-order valence-corrected chi connectivity index (χ0v) is 13.1. The first-order valence-corrected chi connectivity index (χ1v) is 7.74. The Morgan fingerprint density at radius 1 is 1.04 bits per heavy atom. The lowest BCUT2D eigenvalue weighted by molar-refractivity contribution is -0.137. The molecule has 0 spiro atoms. The third-order valence-corrected chi connectivity index (χ3v) is 3.59. The van der Waals surface area contributed by atoms with Crippen molar-refractivity contribution in [1.29, 1.82) is 0 Å². The van der Waals surface area contributed by atoms with Crippen molar-refractivity contribution in [2.75, 3.05) is 7.05 Å². The molecule has 0 atom stereocenters. The summed E-state index contributed by atoms with van der Waals surface area (Å²) in [5.74, 6) is 0. The standard InChI is InChI=1S/C8H7F3N.C7H8O3S/c1-12-7-4-2-3-6(5-7)8(9,10)11;1-6-2-4-7(5-3-6)11(8,9)10/h2-5H,1H3;2-5H,1H3,(H,8,9,10)/q-1;/p-1. The predicted molar refractivity (Wildman–Crippen MR) is 79.5 cm³/mol. The van der Waals surface area contributed by atoms with Gasteiger partial charge in [0.1, 0.15) is 10.1 Å². The summed E-state index contributed by atoms with van der Waals surface area (Å²) >= 11 is 0. The molecule has 2 aromatic rings. The van der Waals surface area contributed by atoms with E-state index in [1.54, 1.807) is 12.1 Å². The molecule has 0 amide bonds. The minimum absolute atomic E-state index is 0.178. The number of alkyl halides is 3. The van der Waals surface area contributed by atoms with Crippen molar-refractivity contribution in [3.05, 3.63) is 65.0 Å². The molecule has 0 radical (unpaired) electrons. The van der Waals surface area contributed by atoms with E-state index in [0.29, 0.717) is 5.69 Å². The molecule has 23 heavy (non-hydrogen) atoms. The van der Waals surface area contributed by atoms with Crippen molar-refractivity contribution in [3.63, 3.8) is 0 Å². The van der Waals surface area contributed by atoms with Crippen molar-refractivity contribution in [3.8, 4) is 0 Å². The molecule has 0 saturated heterocycles. The number of rotatable bonds is 2. The molecule has 0 saturated carbocycles. The van der Waals surface area contributed by atoms with Crippen LogP contribution in [0.3, 0.4) is 0 Å². The molecule has 0 N–H and O–H groups in total. The van der Waals surface area contributed by atoms with Crippen molar-refractivity contribution < 1.29 is 26.1 Å². The number of halogens is 3. The Hall–Kier alpha value is -2.06. The van der Waals surface area contributed by atoms with Crippen molar-refractivity contribution in [2.24, 2.45) is 0 Å². The Bertz CT molecular complexity index is 741. The summed E-state index contributed by atoms with van der Waals surface area (Å²) < 4.78 is 67.4. The van der Waals surface area contributed by atoms with Crippen LogP contribution in [0.1, 0.15) is 11.1 Å². The monoisotopic (exact) mass is 345 g/mol. The van der Waals surface area contributed by atoms with Crippen molar-refractivity contribution >= 4 is 15.8 Å². The second kappa shape index (κ2) is 7.47. The maximum absolute atomic E-state index is 12.1. The topological polar surface area (TPSA) is 71.3 Å². The van der Waals surface area contributed by atoms with Gasteiger partial charge < -0.3 is 9.87 Å². The lowest BCUT2D eigenvalue weighted by Crippen LogP contribution is -2.03. The van der Waals surface area contributed by atoms with Gasteiger partial charge in [-0.25, -0.2) is 8.42 Å². The van der Waals surface area contributed by atoms with E-state index in [9.17, 15) is 26.1 Å². The first kappa shape index (κ1) is 19.0. The fourth-order valence-electron chi connectivity index (χ4n) is 1.53. The fourth-order valence-corrected chi connectivity index (χ4v) is 2.00. The van der Waals surface area contributed by atoms with Crippen LogP contribution in [0.15, 0.2) is 53.4 Å². The number of nitrogens with zero attached hydrogens (tertiary/aromatic N) is 1. The Morgan fingerprint density at radius 2 is 1.61 bits per heavy atom. The smallest absolute Gasteiger partial charge is 0.416 e. The molecule has 0 fully saturated rings. The molecule has 0 unspecified atom stereocenters. The van der Waals surface area contributed by atoms with Gasteiger partial charge >= 0.3 is 6.18 Å². The highest BCUT2D eigenvalue weighted by Crippen LogP contribution is 2.31. The van der Waals surface area contributed by atoms with Gasteiger partial charge in [0.2, 0.25) is 0 Å². The van der Waals surface area contributed by atoms with Gasteiger partial charge in [-0.3, -0.25) is 0 Å². The van der Waals surface area contributed by atoms with Crippen LogP contribution in [0.5, 0.6) is 0 Å². The third kappa shape index (κ3) is 6.29. The predicted octanol–water partition coefficient (Wildman–Crippen LogP) is 4.24. The van der Waals surface area contributed by atoms with Crippen LogP contribution in [-0.2, 0) is 16.3 Å². The van der Waals surface area contributed by atoms with Crippen LogP contribution >= 0.6 is 0 Å². The van der Waals surface area contributed by atoms with Crippen LogP contribution in [0.25, 0.3) is 5.32 Å². The molecule has 0 aromatic heterocycles. The minimum Gasteiger partial charge on any atom is -0.744 e. The molecule has 2 rings (SSSR count). The summed E-state index contributed by atoms with van der Waals surface area (Å²) in [5.41, 5.74) is 0.604. The quantitative estimate of drug-likeness (QED) is 0.764. The zero-order chi connectivity index (χ0) is 17.7. The van der Waals surface area contributed by atoms with E-state index < -0.39 is 21.9 Å². The molecular weight excluding hydrogens is 331 g/mol. The van der Waals surface area contributed by atoms with Crippen LogP contribution in [0, 0.1) is 6.92 Å². The van der Waals surface area contributed by atoms with Gasteiger partial charge in [-0.15, -0.1) is 12.7 Å². The number of aryl methyl sites for hydroxylation is 1. The highest BCUT2D eigenvalue weighted by molar-refractivity contribution is 7.85. The summed E-state index contributed by atoms with van der Waals surface area (Å²) in [4.78, 5) is -0.178. The SMILES string of the molecule is C[N-]c1cccc(C(F)(F)F)c1.Cc1ccc(S(=O)(=O)[O-])cc1. The summed E-state index contributed by atoms with van der Waals surface area (Å²) in [7, 11) is -2.82. The van der Waals surface area contributed by atoms with Gasteiger partial charge in [0, 0.05) is 0 Å². The molecule has 0 heterocycles. The number of benzene rings is 2. The lowest BCUT2D eigenvalue weighted by atomic mass is 10.2. The maximum Gasteiger partial charge on any atom is 0.416 e. The van der Waals surface area contributed by atoms with E-state index >= 15 is 0 Å². The normalized spacial score (nSPS) is 11.4. The third-order valence-electron chi connectivity index (χ3n) is 2.74. The first-order chi connectivity index (χ1) is 10.5. The summed E-state index contributed by atoms with van der Waals surface area (Å²) in [6.45, 7) is 1.82. The molecule has 0 bridgehead atoms. The fraction of sp³-hybridized carbons (Fsp3) is 0.200. The molecule has 4 nitrogen and oxygen atoms in total. The molecular formula is C15H14F3NO3S-2. The van der Waals surface area contributed by atoms with E-state index in [4.69, 9.17) is 0 Å². The van der Waals surface area contributed by atoms with Crippen molar-refractivity contribution in [1.82, 2.24) is 0 Å². The molecule has 0 aliphatic carbocycles. The van der Waals surface area contributed by atoms with Gasteiger partial charge in [0.05, 0.1) is 10.5 Å². The molecule has 0 aliphatic heterocycles. The van der Waals surface area contributed by atoms with Gasteiger partial charge in [-0.05, 0) is 19.1 Å². The summed E-state index contributed by atoms with van der Waals surface area (Å²) in [6.07, 6.45) is -4.28. The van der Waals surface area contributed by atoms with Gasteiger partial charge in [-0.1, -0.05) is 42.0 Å². The van der Waals surface area contributed by atoms with Gasteiger partial charge in [-0.2, -0.15) is 13.2 Å². The summed E-state index contributed by atoms with van der Waals surface area (Å²) in [5, 5.41) is 3.64. The second-order valence-corrected chi connectivity index (χ2v) is 5.92. The first-order valence-electron chi connectivity index (χ1n) is 6.33.